The Balaban J connectivity index is 2.04. The van der Waals surface area contributed by atoms with Gasteiger partial charge in [-0.05, 0) is 25.2 Å². The van der Waals surface area contributed by atoms with E-state index >= 15 is 0 Å². The lowest BCUT2D eigenvalue weighted by molar-refractivity contribution is -0.149. The first-order chi connectivity index (χ1) is 8.76. The number of carboxylic acids is 1. The zero-order valence-corrected chi connectivity index (χ0v) is 10.2. The molecule has 2 unspecified atom stereocenters. The van der Waals surface area contributed by atoms with Crippen molar-refractivity contribution in [3.05, 3.63) is 0 Å². The predicted octanol–water partition coefficient (Wildman–Crippen LogP) is 1.54. The lowest BCUT2D eigenvalue weighted by Crippen LogP contribution is -2.51. The quantitative estimate of drug-likeness (QED) is 0.853. The molecule has 2 aliphatic rings. The molecule has 2 bridgehead atoms. The molecule has 1 saturated carbocycles. The highest BCUT2D eigenvalue weighted by Gasteiger charge is 2.43. The van der Waals surface area contributed by atoms with Crippen LogP contribution >= 0.6 is 0 Å². The first-order valence-electron chi connectivity index (χ1n) is 6.10. The van der Waals surface area contributed by atoms with Crippen LogP contribution in [0.1, 0.15) is 19.3 Å². The third-order valence-corrected chi connectivity index (χ3v) is 3.62. The Morgan fingerprint density at radius 2 is 2.00 bits per heavy atom. The maximum atomic E-state index is 12.4. The number of urea groups is 1. The summed E-state index contributed by atoms with van der Waals surface area (Å²) in [4.78, 5) is 24.4. The van der Waals surface area contributed by atoms with Gasteiger partial charge in [-0.2, -0.15) is 13.2 Å². The molecule has 1 aliphatic carbocycles. The largest absolute Gasteiger partial charge is 0.480 e. The van der Waals surface area contributed by atoms with E-state index in [4.69, 9.17) is 5.11 Å². The molecule has 0 radical (unpaired) electrons. The molecule has 8 heteroatoms. The molecule has 1 N–H and O–H groups in total. The van der Waals surface area contributed by atoms with Gasteiger partial charge in [0.15, 0.2) is 0 Å². The Kier molecular flexibility index (Phi) is 3.60. The Morgan fingerprint density at radius 1 is 1.32 bits per heavy atom. The number of fused-ring (bicyclic) bond motifs is 2. The number of halogens is 3. The van der Waals surface area contributed by atoms with E-state index in [2.05, 4.69) is 0 Å². The maximum Gasteiger partial charge on any atom is 0.406 e. The minimum absolute atomic E-state index is 0.0259. The van der Waals surface area contributed by atoms with E-state index in [0.29, 0.717) is 17.4 Å². The summed E-state index contributed by atoms with van der Waals surface area (Å²) in [5, 5.41) is 8.62. The number of likely N-dealkylation sites (tertiary alicyclic amines) is 1. The lowest BCUT2D eigenvalue weighted by atomic mass is 10.1. The summed E-state index contributed by atoms with van der Waals surface area (Å²) in [5.74, 6) is -1.09. The summed E-state index contributed by atoms with van der Waals surface area (Å²) in [7, 11) is 0. The number of amides is 2. The fourth-order valence-corrected chi connectivity index (χ4v) is 2.91. The van der Waals surface area contributed by atoms with Gasteiger partial charge in [-0.15, -0.1) is 0 Å². The van der Waals surface area contributed by atoms with E-state index in [0.717, 1.165) is 19.3 Å². The Labute approximate surface area is 108 Å². The average molecular weight is 280 g/mol. The van der Waals surface area contributed by atoms with Crippen LogP contribution in [0.5, 0.6) is 0 Å². The van der Waals surface area contributed by atoms with Crippen LogP contribution in [0.3, 0.4) is 0 Å². The van der Waals surface area contributed by atoms with Gasteiger partial charge < -0.3 is 14.9 Å². The molecule has 0 aromatic rings. The van der Waals surface area contributed by atoms with E-state index in [9.17, 15) is 22.8 Å². The summed E-state index contributed by atoms with van der Waals surface area (Å²) in [6.45, 7) is -2.00. The molecular weight excluding hydrogens is 265 g/mol. The van der Waals surface area contributed by atoms with Crippen LogP contribution in [0.4, 0.5) is 18.0 Å². The summed E-state index contributed by atoms with van der Waals surface area (Å²) in [6.07, 6.45) is -1.99. The van der Waals surface area contributed by atoms with Gasteiger partial charge in [0.1, 0.15) is 13.1 Å². The minimum atomic E-state index is -4.59. The number of carbonyl (C=O) groups is 2. The van der Waals surface area contributed by atoms with Gasteiger partial charge in [-0.25, -0.2) is 4.79 Å². The SMILES string of the molecule is O=C(O)CN(CC(F)(F)F)C(=O)N1CC2CCC1C2. The molecule has 2 rings (SSSR count). The average Bonchev–Trinajstić information content (AvgIpc) is 2.85. The molecule has 1 aliphatic heterocycles. The molecule has 0 aromatic carbocycles. The number of carbonyl (C=O) groups excluding carboxylic acids is 1. The number of rotatable bonds is 3. The summed E-state index contributed by atoms with van der Waals surface area (Å²) < 4.78 is 37.2. The highest BCUT2D eigenvalue weighted by atomic mass is 19.4. The number of nitrogens with zero attached hydrogens (tertiary/aromatic N) is 2. The predicted molar refractivity (Wildman–Crippen MR) is 58.5 cm³/mol. The van der Waals surface area contributed by atoms with Crippen molar-refractivity contribution in [1.29, 1.82) is 0 Å². The fourth-order valence-electron chi connectivity index (χ4n) is 2.91. The molecular formula is C11H15F3N2O3. The van der Waals surface area contributed by atoms with Crippen LogP contribution in [0.15, 0.2) is 0 Å². The normalized spacial score (nSPS) is 25.7. The van der Waals surface area contributed by atoms with Crippen LogP contribution in [-0.4, -0.2) is 58.8 Å². The van der Waals surface area contributed by atoms with Crippen LogP contribution < -0.4 is 0 Å². The number of hydrogen-bond acceptors (Lipinski definition) is 2. The molecule has 1 heterocycles. The van der Waals surface area contributed by atoms with Crippen molar-refractivity contribution in [2.75, 3.05) is 19.6 Å². The number of hydrogen-bond donors (Lipinski definition) is 1. The molecule has 2 fully saturated rings. The zero-order chi connectivity index (χ0) is 14.2. The molecule has 0 aromatic heterocycles. The second-order valence-corrected chi connectivity index (χ2v) is 5.13. The number of alkyl halides is 3. The van der Waals surface area contributed by atoms with Crippen molar-refractivity contribution in [2.24, 2.45) is 5.92 Å². The van der Waals surface area contributed by atoms with Crippen LogP contribution in [0.25, 0.3) is 0 Å². The third kappa shape index (κ3) is 3.30. The van der Waals surface area contributed by atoms with Crippen LogP contribution in [0, 0.1) is 5.92 Å². The van der Waals surface area contributed by atoms with Crippen LogP contribution in [-0.2, 0) is 4.79 Å². The van der Waals surface area contributed by atoms with E-state index in [1.54, 1.807) is 0 Å². The second kappa shape index (κ2) is 4.90. The first kappa shape index (κ1) is 14.0. The van der Waals surface area contributed by atoms with Crippen molar-refractivity contribution in [3.63, 3.8) is 0 Å². The van der Waals surface area contributed by atoms with Crippen molar-refractivity contribution in [1.82, 2.24) is 9.80 Å². The number of piperidine rings is 1. The van der Waals surface area contributed by atoms with E-state index in [1.165, 1.54) is 4.90 Å². The van der Waals surface area contributed by atoms with Crippen molar-refractivity contribution >= 4 is 12.0 Å². The van der Waals surface area contributed by atoms with Gasteiger partial charge in [-0.1, -0.05) is 0 Å². The fraction of sp³-hybridized carbons (Fsp3) is 0.818. The molecule has 1 saturated heterocycles. The minimum Gasteiger partial charge on any atom is -0.480 e. The Morgan fingerprint density at radius 3 is 2.42 bits per heavy atom. The third-order valence-electron chi connectivity index (χ3n) is 3.62. The number of aliphatic carboxylic acids is 1. The summed E-state index contributed by atoms with van der Waals surface area (Å²) in [6, 6.07) is -0.839. The second-order valence-electron chi connectivity index (χ2n) is 5.13. The summed E-state index contributed by atoms with van der Waals surface area (Å²) in [5.41, 5.74) is 0. The Bertz CT molecular complexity index is 386. The topological polar surface area (TPSA) is 60.9 Å². The molecule has 2 amide bonds. The van der Waals surface area contributed by atoms with Gasteiger partial charge in [0.05, 0.1) is 0 Å². The van der Waals surface area contributed by atoms with Crippen LogP contribution in [0.2, 0.25) is 0 Å². The van der Waals surface area contributed by atoms with Crippen molar-refractivity contribution in [3.8, 4) is 0 Å². The maximum absolute atomic E-state index is 12.4. The molecule has 0 spiro atoms. The van der Waals surface area contributed by atoms with Gasteiger partial charge in [0.25, 0.3) is 0 Å². The summed E-state index contributed by atoms with van der Waals surface area (Å²) >= 11 is 0. The molecule has 108 valence electrons. The monoisotopic (exact) mass is 280 g/mol. The molecule has 2 atom stereocenters. The standard InChI is InChI=1S/C11H15F3N2O3/c12-11(13,14)6-15(5-9(17)18)10(19)16-4-7-1-2-8(16)3-7/h7-8H,1-6H2,(H,17,18). The zero-order valence-electron chi connectivity index (χ0n) is 10.2. The van der Waals surface area contributed by atoms with Crippen molar-refractivity contribution < 1.29 is 27.9 Å². The van der Waals surface area contributed by atoms with Gasteiger partial charge in [0.2, 0.25) is 0 Å². The van der Waals surface area contributed by atoms with E-state index in [1.807, 2.05) is 0 Å². The highest BCUT2D eigenvalue weighted by molar-refractivity contribution is 5.80. The highest BCUT2D eigenvalue weighted by Crippen LogP contribution is 2.38. The van der Waals surface area contributed by atoms with E-state index < -0.39 is 31.3 Å². The number of carboxylic acid groups (broad SMARTS) is 1. The smallest absolute Gasteiger partial charge is 0.406 e. The Hall–Kier alpha value is -1.47. The molecule has 5 nitrogen and oxygen atoms in total. The van der Waals surface area contributed by atoms with Gasteiger partial charge >= 0.3 is 18.2 Å². The first-order valence-corrected chi connectivity index (χ1v) is 6.10. The van der Waals surface area contributed by atoms with E-state index in [-0.39, 0.29) is 6.04 Å². The molecule has 19 heavy (non-hydrogen) atoms. The van der Waals surface area contributed by atoms with Crippen molar-refractivity contribution in [2.45, 2.75) is 31.5 Å². The van der Waals surface area contributed by atoms with Gasteiger partial charge in [0, 0.05) is 12.6 Å². The lowest BCUT2D eigenvalue weighted by Gasteiger charge is -2.32. The van der Waals surface area contributed by atoms with Gasteiger partial charge in [-0.3, -0.25) is 4.79 Å².